The summed E-state index contributed by atoms with van der Waals surface area (Å²) in [5, 5.41) is 8.80. The predicted molar refractivity (Wildman–Crippen MR) is 67.1 cm³/mol. The fraction of sp³-hybridized carbons (Fsp3) is 0.154. The van der Waals surface area contributed by atoms with Crippen LogP contribution in [0, 0.1) is 5.82 Å². The molecule has 1 aromatic carbocycles. The molecule has 0 fully saturated rings. The van der Waals surface area contributed by atoms with E-state index in [0.717, 1.165) is 5.76 Å². The molecule has 18 heavy (non-hydrogen) atoms. The van der Waals surface area contributed by atoms with Crippen LogP contribution in [-0.2, 0) is 11.5 Å². The smallest absolute Gasteiger partial charge is 0.338 e. The van der Waals surface area contributed by atoms with Crippen LogP contribution in [0.2, 0.25) is 0 Å². The highest BCUT2D eigenvalue weighted by Crippen LogP contribution is 2.21. The maximum Gasteiger partial charge on any atom is 0.338 e. The van der Waals surface area contributed by atoms with Crippen LogP contribution in [0.1, 0.15) is 21.7 Å². The van der Waals surface area contributed by atoms with Crippen molar-refractivity contribution in [1.29, 1.82) is 0 Å². The molecule has 0 unspecified atom stereocenters. The van der Waals surface area contributed by atoms with E-state index in [1.54, 1.807) is 24.5 Å². The number of carboxylic acids is 1. The van der Waals surface area contributed by atoms with Gasteiger partial charge in [0.2, 0.25) is 0 Å². The first-order valence-electron chi connectivity index (χ1n) is 5.29. The van der Waals surface area contributed by atoms with Crippen LogP contribution >= 0.6 is 11.8 Å². The summed E-state index contributed by atoms with van der Waals surface area (Å²) >= 11 is 1.47. The molecule has 1 heterocycles. The molecule has 0 saturated carbocycles. The van der Waals surface area contributed by atoms with Gasteiger partial charge in [0.15, 0.2) is 0 Å². The van der Waals surface area contributed by atoms with Gasteiger partial charge in [0.05, 0.1) is 17.6 Å². The Kier molecular flexibility index (Phi) is 4.04. The molecular formula is C13H11FO3S. The first-order chi connectivity index (χ1) is 8.68. The van der Waals surface area contributed by atoms with Crippen molar-refractivity contribution in [3.05, 3.63) is 59.3 Å². The number of benzene rings is 1. The number of carboxylic acid groups (broad SMARTS) is 1. The van der Waals surface area contributed by atoms with Gasteiger partial charge in [-0.25, -0.2) is 9.18 Å². The largest absolute Gasteiger partial charge is 0.478 e. The Balaban J connectivity index is 2.01. The number of thioether (sulfide) groups is 1. The lowest BCUT2D eigenvalue weighted by atomic mass is 10.1. The summed E-state index contributed by atoms with van der Waals surface area (Å²) in [4.78, 5) is 10.8. The third-order valence-electron chi connectivity index (χ3n) is 2.39. The van der Waals surface area contributed by atoms with E-state index in [0.29, 0.717) is 17.1 Å². The second-order valence-electron chi connectivity index (χ2n) is 3.66. The third-order valence-corrected chi connectivity index (χ3v) is 3.39. The van der Waals surface area contributed by atoms with Crippen LogP contribution in [-0.4, -0.2) is 11.1 Å². The van der Waals surface area contributed by atoms with E-state index >= 15 is 0 Å². The minimum Gasteiger partial charge on any atom is -0.478 e. The molecule has 0 spiro atoms. The van der Waals surface area contributed by atoms with Gasteiger partial charge in [0.1, 0.15) is 11.6 Å². The number of halogens is 1. The topological polar surface area (TPSA) is 50.4 Å². The van der Waals surface area contributed by atoms with E-state index in [2.05, 4.69) is 0 Å². The first kappa shape index (κ1) is 12.7. The minimum atomic E-state index is -1.25. The maximum atomic E-state index is 13.8. The fourth-order valence-corrected chi connectivity index (χ4v) is 2.42. The summed E-state index contributed by atoms with van der Waals surface area (Å²) in [5.74, 6) is -0.0469. The quantitative estimate of drug-likeness (QED) is 0.899. The normalized spacial score (nSPS) is 10.5. The van der Waals surface area contributed by atoms with Crippen molar-refractivity contribution in [2.75, 3.05) is 0 Å². The van der Waals surface area contributed by atoms with Gasteiger partial charge in [-0.1, -0.05) is 12.1 Å². The molecule has 1 aromatic heterocycles. The summed E-state index contributed by atoms with van der Waals surface area (Å²) < 4.78 is 18.9. The molecule has 0 saturated heterocycles. The number of rotatable bonds is 5. The van der Waals surface area contributed by atoms with E-state index in [-0.39, 0.29) is 5.56 Å². The Morgan fingerprint density at radius 1 is 1.28 bits per heavy atom. The van der Waals surface area contributed by atoms with Gasteiger partial charge in [-0.05, 0) is 23.8 Å². The van der Waals surface area contributed by atoms with Gasteiger partial charge in [-0.15, -0.1) is 11.8 Å². The van der Waals surface area contributed by atoms with Gasteiger partial charge in [0, 0.05) is 5.75 Å². The molecule has 5 heteroatoms. The molecule has 0 bridgehead atoms. The zero-order valence-electron chi connectivity index (χ0n) is 9.43. The molecule has 0 amide bonds. The number of carbonyl (C=O) groups is 1. The lowest BCUT2D eigenvalue weighted by Gasteiger charge is -2.04. The van der Waals surface area contributed by atoms with Gasteiger partial charge in [-0.3, -0.25) is 0 Å². The molecule has 0 atom stereocenters. The molecule has 2 rings (SSSR count). The summed E-state index contributed by atoms with van der Waals surface area (Å²) in [7, 11) is 0. The molecule has 0 aliphatic heterocycles. The number of hydrogen-bond donors (Lipinski definition) is 1. The van der Waals surface area contributed by atoms with Crippen molar-refractivity contribution in [2.45, 2.75) is 11.5 Å². The Morgan fingerprint density at radius 2 is 2.11 bits per heavy atom. The van der Waals surface area contributed by atoms with Crippen LogP contribution in [0.4, 0.5) is 4.39 Å². The molecule has 0 radical (unpaired) electrons. The molecule has 1 N–H and O–H groups in total. The van der Waals surface area contributed by atoms with Crippen molar-refractivity contribution in [2.24, 2.45) is 0 Å². The molecule has 3 nitrogen and oxygen atoms in total. The highest BCUT2D eigenvalue weighted by molar-refractivity contribution is 7.97. The Morgan fingerprint density at radius 3 is 2.78 bits per heavy atom. The van der Waals surface area contributed by atoms with E-state index in [4.69, 9.17) is 9.52 Å². The van der Waals surface area contributed by atoms with Crippen molar-refractivity contribution in [3.8, 4) is 0 Å². The van der Waals surface area contributed by atoms with Crippen LogP contribution in [0.3, 0.4) is 0 Å². The van der Waals surface area contributed by atoms with Crippen LogP contribution in [0.5, 0.6) is 0 Å². The maximum absolute atomic E-state index is 13.8. The fourth-order valence-electron chi connectivity index (χ4n) is 1.51. The van der Waals surface area contributed by atoms with Crippen molar-refractivity contribution < 1.29 is 18.7 Å². The Bertz CT molecular complexity index is 537. The van der Waals surface area contributed by atoms with Crippen LogP contribution in [0.15, 0.2) is 41.0 Å². The monoisotopic (exact) mass is 266 g/mol. The van der Waals surface area contributed by atoms with Crippen LogP contribution in [0.25, 0.3) is 0 Å². The number of furan rings is 1. The van der Waals surface area contributed by atoms with Crippen LogP contribution < -0.4 is 0 Å². The minimum absolute atomic E-state index is 0.286. The molecule has 0 aliphatic carbocycles. The zero-order valence-corrected chi connectivity index (χ0v) is 10.2. The second kappa shape index (κ2) is 5.73. The number of aromatic carboxylic acids is 1. The molecule has 2 aromatic rings. The van der Waals surface area contributed by atoms with Gasteiger partial charge >= 0.3 is 5.97 Å². The summed E-state index contributed by atoms with van der Waals surface area (Å²) in [6, 6.07) is 8.04. The SMILES string of the molecule is O=C(O)c1cccc(CSCc2ccco2)c1F. The average molecular weight is 266 g/mol. The van der Waals surface area contributed by atoms with E-state index in [1.807, 2.05) is 6.07 Å². The van der Waals surface area contributed by atoms with E-state index in [1.165, 1.54) is 17.8 Å². The third kappa shape index (κ3) is 2.92. The average Bonchev–Trinajstić information content (AvgIpc) is 2.84. The Hall–Kier alpha value is -1.75. The Labute approximate surface area is 108 Å². The van der Waals surface area contributed by atoms with Gasteiger partial charge in [-0.2, -0.15) is 0 Å². The highest BCUT2D eigenvalue weighted by Gasteiger charge is 2.13. The predicted octanol–water partition coefficient (Wildman–Crippen LogP) is 3.55. The van der Waals surface area contributed by atoms with Crippen molar-refractivity contribution in [3.63, 3.8) is 0 Å². The standard InChI is InChI=1S/C13H11FO3S/c14-12-9(3-1-5-11(12)13(15)16)7-18-8-10-4-2-6-17-10/h1-6H,7-8H2,(H,15,16). The summed E-state index contributed by atoms with van der Waals surface area (Å²) in [5.41, 5.74) is 0.109. The van der Waals surface area contributed by atoms with Crippen molar-refractivity contribution in [1.82, 2.24) is 0 Å². The van der Waals surface area contributed by atoms with Crippen molar-refractivity contribution >= 4 is 17.7 Å². The molecule has 94 valence electrons. The highest BCUT2D eigenvalue weighted by atomic mass is 32.2. The van der Waals surface area contributed by atoms with E-state index < -0.39 is 11.8 Å². The van der Waals surface area contributed by atoms with E-state index in [9.17, 15) is 9.18 Å². The van der Waals surface area contributed by atoms with Gasteiger partial charge < -0.3 is 9.52 Å². The second-order valence-corrected chi connectivity index (χ2v) is 4.64. The number of hydrogen-bond acceptors (Lipinski definition) is 3. The molecular weight excluding hydrogens is 255 g/mol. The van der Waals surface area contributed by atoms with Gasteiger partial charge in [0.25, 0.3) is 0 Å². The summed E-state index contributed by atoms with van der Waals surface area (Å²) in [6.45, 7) is 0. The first-order valence-corrected chi connectivity index (χ1v) is 6.45. The summed E-state index contributed by atoms with van der Waals surface area (Å²) in [6.07, 6.45) is 1.58. The zero-order chi connectivity index (χ0) is 13.0. The lowest BCUT2D eigenvalue weighted by molar-refractivity contribution is 0.0691. The lowest BCUT2D eigenvalue weighted by Crippen LogP contribution is -2.02. The molecule has 0 aliphatic rings.